The molecule has 102 valence electrons. The van der Waals surface area contributed by atoms with Crippen LogP contribution in [0, 0.1) is 19.7 Å². The molecule has 0 aliphatic carbocycles. The van der Waals surface area contributed by atoms with Gasteiger partial charge in [-0.3, -0.25) is 9.40 Å². The molecule has 7 heteroatoms. The topological polar surface area (TPSA) is 64.0 Å². The lowest BCUT2D eigenvalue weighted by molar-refractivity contribution is 0.593. The predicted molar refractivity (Wildman–Crippen MR) is 69.9 cm³/mol. The van der Waals surface area contributed by atoms with E-state index in [4.69, 9.17) is 0 Å². The van der Waals surface area contributed by atoms with Crippen LogP contribution in [0.5, 0.6) is 0 Å². The van der Waals surface area contributed by atoms with E-state index in [2.05, 4.69) is 9.82 Å². The van der Waals surface area contributed by atoms with Crippen molar-refractivity contribution in [1.29, 1.82) is 0 Å². The van der Waals surface area contributed by atoms with Crippen LogP contribution < -0.4 is 4.72 Å². The fourth-order valence-corrected chi connectivity index (χ4v) is 3.10. The Kier molecular flexibility index (Phi) is 3.32. The van der Waals surface area contributed by atoms with E-state index in [-0.39, 0.29) is 4.90 Å². The van der Waals surface area contributed by atoms with Crippen molar-refractivity contribution in [2.24, 2.45) is 7.05 Å². The van der Waals surface area contributed by atoms with E-state index in [1.54, 1.807) is 27.0 Å². The molecule has 1 heterocycles. The van der Waals surface area contributed by atoms with E-state index in [0.29, 0.717) is 17.1 Å². The van der Waals surface area contributed by atoms with Gasteiger partial charge in [-0.05, 0) is 31.5 Å². The molecule has 2 aromatic rings. The summed E-state index contributed by atoms with van der Waals surface area (Å²) in [6.45, 7) is 3.37. The van der Waals surface area contributed by atoms with E-state index < -0.39 is 15.8 Å². The Labute approximate surface area is 111 Å². The van der Waals surface area contributed by atoms with Gasteiger partial charge in [-0.25, -0.2) is 12.8 Å². The first-order chi connectivity index (χ1) is 8.79. The second-order valence-corrected chi connectivity index (χ2v) is 5.96. The summed E-state index contributed by atoms with van der Waals surface area (Å²) in [4.78, 5) is -0.0775. The van der Waals surface area contributed by atoms with Crippen molar-refractivity contribution in [1.82, 2.24) is 9.78 Å². The van der Waals surface area contributed by atoms with Gasteiger partial charge in [-0.2, -0.15) is 5.10 Å². The predicted octanol–water partition coefficient (Wildman–Crippen LogP) is 1.98. The number of nitrogens with one attached hydrogen (secondary N) is 1. The molecule has 0 aliphatic rings. The highest BCUT2D eigenvalue weighted by molar-refractivity contribution is 7.92. The molecule has 1 aromatic carbocycles. The first-order valence-corrected chi connectivity index (χ1v) is 7.07. The van der Waals surface area contributed by atoms with Crippen LogP contribution >= 0.6 is 0 Å². The lowest BCUT2D eigenvalue weighted by Gasteiger charge is -2.10. The third-order valence-electron chi connectivity index (χ3n) is 2.68. The summed E-state index contributed by atoms with van der Waals surface area (Å²) in [7, 11) is -2.20. The Morgan fingerprint density at radius 1 is 1.26 bits per heavy atom. The number of rotatable bonds is 3. The molecule has 0 spiro atoms. The quantitative estimate of drug-likeness (QED) is 0.936. The lowest BCUT2D eigenvalue weighted by atomic mass is 10.2. The molecule has 5 nitrogen and oxygen atoms in total. The van der Waals surface area contributed by atoms with Crippen LogP contribution in [0.1, 0.15) is 11.3 Å². The molecular formula is C12H14FN3O2S. The number of hydrogen-bond acceptors (Lipinski definition) is 3. The molecule has 1 aromatic heterocycles. The van der Waals surface area contributed by atoms with E-state index in [0.717, 1.165) is 6.07 Å². The monoisotopic (exact) mass is 283 g/mol. The van der Waals surface area contributed by atoms with Crippen LogP contribution in [0.3, 0.4) is 0 Å². The minimum absolute atomic E-state index is 0.0775. The van der Waals surface area contributed by atoms with Crippen molar-refractivity contribution in [3.63, 3.8) is 0 Å². The molecule has 0 unspecified atom stereocenters. The van der Waals surface area contributed by atoms with Gasteiger partial charge < -0.3 is 0 Å². The van der Waals surface area contributed by atoms with Crippen molar-refractivity contribution < 1.29 is 12.8 Å². The summed E-state index contributed by atoms with van der Waals surface area (Å²) in [5, 5.41) is 4.04. The van der Waals surface area contributed by atoms with Crippen LogP contribution in [0.15, 0.2) is 29.2 Å². The number of sulfonamides is 1. The molecule has 0 aliphatic heterocycles. The second-order valence-electron chi connectivity index (χ2n) is 4.31. The van der Waals surface area contributed by atoms with Gasteiger partial charge >= 0.3 is 0 Å². The first-order valence-electron chi connectivity index (χ1n) is 5.59. The van der Waals surface area contributed by atoms with Gasteiger partial charge in [-0.15, -0.1) is 0 Å². The van der Waals surface area contributed by atoms with Gasteiger partial charge in [0.25, 0.3) is 10.0 Å². The standard InChI is InChI=1S/C12H14FN3O2S/c1-8-4-5-10(13)7-11(8)19(17,18)15-12-6-9(2)14-16(12)3/h4-7,15H,1-3H3. The van der Waals surface area contributed by atoms with Crippen LogP contribution in [0.2, 0.25) is 0 Å². The van der Waals surface area contributed by atoms with Crippen LogP contribution in [0.25, 0.3) is 0 Å². The highest BCUT2D eigenvalue weighted by Crippen LogP contribution is 2.20. The summed E-state index contributed by atoms with van der Waals surface area (Å²) in [5.41, 5.74) is 1.17. The molecule has 2 rings (SSSR count). The Hall–Kier alpha value is -1.89. The summed E-state index contributed by atoms with van der Waals surface area (Å²) >= 11 is 0. The number of benzene rings is 1. The lowest BCUT2D eigenvalue weighted by Crippen LogP contribution is -2.16. The molecule has 0 radical (unpaired) electrons. The number of anilines is 1. The first kappa shape index (κ1) is 13.5. The smallest absolute Gasteiger partial charge is 0.263 e. The van der Waals surface area contributed by atoms with Gasteiger partial charge in [0.2, 0.25) is 0 Å². The third-order valence-corrected chi connectivity index (χ3v) is 4.18. The van der Waals surface area contributed by atoms with Crippen LogP contribution in [-0.4, -0.2) is 18.2 Å². The summed E-state index contributed by atoms with van der Waals surface area (Å²) in [5.74, 6) is -0.256. The number of aromatic nitrogens is 2. The van der Waals surface area contributed by atoms with E-state index in [1.807, 2.05) is 0 Å². The summed E-state index contributed by atoms with van der Waals surface area (Å²) in [6.07, 6.45) is 0. The number of nitrogens with zero attached hydrogens (tertiary/aromatic N) is 2. The van der Waals surface area contributed by atoms with Gasteiger partial charge in [0.15, 0.2) is 0 Å². The maximum absolute atomic E-state index is 13.2. The van der Waals surface area contributed by atoms with Gasteiger partial charge in [0, 0.05) is 13.1 Å². The second kappa shape index (κ2) is 4.65. The molecule has 0 amide bonds. The summed E-state index contributed by atoms with van der Waals surface area (Å²) < 4.78 is 41.4. The van der Waals surface area contributed by atoms with Gasteiger partial charge in [-0.1, -0.05) is 6.07 Å². The molecular weight excluding hydrogens is 269 g/mol. The fourth-order valence-electron chi connectivity index (χ4n) is 1.76. The van der Waals surface area contributed by atoms with Crippen molar-refractivity contribution in [3.05, 3.63) is 41.3 Å². The van der Waals surface area contributed by atoms with Gasteiger partial charge in [0.1, 0.15) is 11.6 Å². The Bertz CT molecular complexity index is 723. The van der Waals surface area contributed by atoms with Gasteiger partial charge in [0.05, 0.1) is 10.6 Å². The molecule has 0 bridgehead atoms. The average Bonchev–Trinajstić information content (AvgIpc) is 2.60. The van der Waals surface area contributed by atoms with Crippen molar-refractivity contribution in [3.8, 4) is 0 Å². The molecule has 0 fully saturated rings. The largest absolute Gasteiger partial charge is 0.264 e. The van der Waals surface area contributed by atoms with E-state index in [1.165, 1.54) is 16.8 Å². The maximum Gasteiger partial charge on any atom is 0.263 e. The van der Waals surface area contributed by atoms with Crippen molar-refractivity contribution in [2.45, 2.75) is 18.7 Å². The molecule has 0 saturated heterocycles. The molecule has 0 saturated carbocycles. The zero-order valence-electron chi connectivity index (χ0n) is 10.8. The minimum Gasteiger partial charge on any atom is -0.264 e. The highest BCUT2D eigenvalue weighted by atomic mass is 32.2. The van der Waals surface area contributed by atoms with E-state index in [9.17, 15) is 12.8 Å². The Morgan fingerprint density at radius 2 is 1.95 bits per heavy atom. The highest BCUT2D eigenvalue weighted by Gasteiger charge is 2.19. The normalized spacial score (nSPS) is 11.6. The Morgan fingerprint density at radius 3 is 2.53 bits per heavy atom. The van der Waals surface area contributed by atoms with Crippen molar-refractivity contribution >= 4 is 15.8 Å². The van der Waals surface area contributed by atoms with Crippen LogP contribution in [-0.2, 0) is 17.1 Å². The molecule has 19 heavy (non-hydrogen) atoms. The number of hydrogen-bond donors (Lipinski definition) is 1. The van der Waals surface area contributed by atoms with Crippen molar-refractivity contribution in [2.75, 3.05) is 4.72 Å². The minimum atomic E-state index is -3.83. The Balaban J connectivity index is 2.43. The zero-order valence-corrected chi connectivity index (χ0v) is 11.6. The number of aryl methyl sites for hydroxylation is 3. The third kappa shape index (κ3) is 2.76. The van der Waals surface area contributed by atoms with Crippen LogP contribution in [0.4, 0.5) is 10.2 Å². The average molecular weight is 283 g/mol. The summed E-state index contributed by atoms with van der Waals surface area (Å²) in [6, 6.07) is 5.26. The molecule has 0 atom stereocenters. The maximum atomic E-state index is 13.2. The zero-order chi connectivity index (χ0) is 14.2. The number of halogens is 1. The van der Waals surface area contributed by atoms with E-state index >= 15 is 0 Å². The molecule has 1 N–H and O–H groups in total. The SMILES string of the molecule is Cc1cc(NS(=O)(=O)c2cc(F)ccc2C)n(C)n1. The fraction of sp³-hybridized carbons (Fsp3) is 0.250.